The minimum Gasteiger partial charge on any atom is -0.392 e. The third-order valence-corrected chi connectivity index (χ3v) is 5.06. The van der Waals surface area contributed by atoms with E-state index in [9.17, 15) is 5.11 Å². The first-order chi connectivity index (χ1) is 8.16. The highest BCUT2D eigenvalue weighted by atomic mass is 32.1. The van der Waals surface area contributed by atoms with E-state index < -0.39 is 0 Å². The topological polar surface area (TPSA) is 20.2 Å². The van der Waals surface area contributed by atoms with Gasteiger partial charge in [-0.2, -0.15) is 11.3 Å². The molecule has 1 nitrogen and oxygen atoms in total. The van der Waals surface area contributed by atoms with Crippen LogP contribution in [0.1, 0.15) is 45.1 Å². The molecule has 1 N–H and O–H groups in total. The molecule has 0 saturated heterocycles. The molecule has 0 radical (unpaired) electrons. The Hall–Kier alpha value is -0.340. The molecule has 0 amide bonds. The van der Waals surface area contributed by atoms with E-state index in [1.54, 1.807) is 11.3 Å². The van der Waals surface area contributed by atoms with Gasteiger partial charge in [0.15, 0.2) is 0 Å². The van der Waals surface area contributed by atoms with E-state index in [1.165, 1.54) is 31.2 Å². The van der Waals surface area contributed by atoms with E-state index >= 15 is 0 Å². The maximum absolute atomic E-state index is 10.3. The molecule has 1 fully saturated rings. The van der Waals surface area contributed by atoms with Crippen LogP contribution in [0.25, 0.3) is 0 Å². The van der Waals surface area contributed by atoms with Gasteiger partial charge >= 0.3 is 0 Å². The third kappa shape index (κ3) is 3.56. The molecule has 1 unspecified atom stereocenters. The number of hydrogen-bond acceptors (Lipinski definition) is 2. The normalized spacial score (nSPS) is 27.3. The van der Waals surface area contributed by atoms with Crippen LogP contribution in [-0.4, -0.2) is 11.2 Å². The van der Waals surface area contributed by atoms with Gasteiger partial charge in [-0.1, -0.05) is 13.8 Å². The number of aliphatic hydroxyl groups is 1. The van der Waals surface area contributed by atoms with Crippen LogP contribution < -0.4 is 0 Å². The molecule has 2 rings (SSSR count). The molecule has 0 bridgehead atoms. The predicted molar refractivity (Wildman–Crippen MR) is 74.3 cm³/mol. The van der Waals surface area contributed by atoms with Gasteiger partial charge in [0.25, 0.3) is 0 Å². The van der Waals surface area contributed by atoms with Crippen molar-refractivity contribution in [3.8, 4) is 0 Å². The fourth-order valence-corrected chi connectivity index (χ4v) is 3.69. The van der Waals surface area contributed by atoms with Gasteiger partial charge in [0, 0.05) is 0 Å². The SMILES string of the molecule is CC(C)C1CCC(C(O)Cc2ccsc2)CC1. The first-order valence-corrected chi connectivity index (χ1v) is 7.80. The van der Waals surface area contributed by atoms with E-state index in [4.69, 9.17) is 0 Å². The Morgan fingerprint density at radius 2 is 1.88 bits per heavy atom. The number of hydrogen-bond donors (Lipinski definition) is 1. The van der Waals surface area contributed by atoms with Crippen molar-refractivity contribution in [3.05, 3.63) is 22.4 Å². The molecule has 1 aromatic heterocycles. The van der Waals surface area contributed by atoms with Crippen LogP contribution in [0.4, 0.5) is 0 Å². The van der Waals surface area contributed by atoms with Crippen LogP contribution in [0.5, 0.6) is 0 Å². The summed E-state index contributed by atoms with van der Waals surface area (Å²) in [5, 5.41) is 14.5. The van der Waals surface area contributed by atoms with Crippen LogP contribution in [0.15, 0.2) is 16.8 Å². The number of thiophene rings is 1. The molecular formula is C15H24OS. The van der Waals surface area contributed by atoms with E-state index in [1.807, 2.05) is 0 Å². The lowest BCUT2D eigenvalue weighted by molar-refractivity contribution is 0.0676. The fraction of sp³-hybridized carbons (Fsp3) is 0.733. The van der Waals surface area contributed by atoms with E-state index in [-0.39, 0.29) is 6.10 Å². The summed E-state index contributed by atoms with van der Waals surface area (Å²) in [6, 6.07) is 2.13. The minimum absolute atomic E-state index is 0.127. The summed E-state index contributed by atoms with van der Waals surface area (Å²) in [4.78, 5) is 0. The molecule has 1 atom stereocenters. The fourth-order valence-electron chi connectivity index (χ4n) is 3.01. The van der Waals surface area contributed by atoms with Gasteiger partial charge in [0.05, 0.1) is 6.10 Å². The molecule has 0 aromatic carbocycles. The van der Waals surface area contributed by atoms with Gasteiger partial charge in [-0.15, -0.1) is 0 Å². The van der Waals surface area contributed by atoms with E-state index in [0.717, 1.165) is 18.3 Å². The molecule has 1 aliphatic carbocycles. The number of rotatable bonds is 4. The average molecular weight is 252 g/mol. The second-order valence-electron chi connectivity index (χ2n) is 5.82. The van der Waals surface area contributed by atoms with Crippen molar-refractivity contribution in [1.29, 1.82) is 0 Å². The summed E-state index contributed by atoms with van der Waals surface area (Å²) in [5.41, 5.74) is 1.30. The van der Waals surface area contributed by atoms with Gasteiger partial charge in [0.1, 0.15) is 0 Å². The molecule has 1 aromatic rings. The standard InChI is InChI=1S/C15H24OS/c1-11(2)13-3-5-14(6-4-13)15(16)9-12-7-8-17-10-12/h7-8,10-11,13-16H,3-6,9H2,1-2H3. The van der Waals surface area contributed by atoms with Crippen LogP contribution >= 0.6 is 11.3 Å². The Labute approximate surface area is 109 Å². The van der Waals surface area contributed by atoms with Crippen molar-refractivity contribution in [1.82, 2.24) is 0 Å². The van der Waals surface area contributed by atoms with E-state index in [0.29, 0.717) is 5.92 Å². The summed E-state index contributed by atoms with van der Waals surface area (Å²) in [7, 11) is 0. The monoisotopic (exact) mass is 252 g/mol. The Balaban J connectivity index is 1.80. The quantitative estimate of drug-likeness (QED) is 0.855. The molecule has 2 heteroatoms. The highest BCUT2D eigenvalue weighted by molar-refractivity contribution is 7.07. The summed E-state index contributed by atoms with van der Waals surface area (Å²) in [5.74, 6) is 2.23. The minimum atomic E-state index is -0.127. The Kier molecular flexibility index (Phi) is 4.63. The molecule has 1 saturated carbocycles. The zero-order valence-electron chi connectivity index (χ0n) is 10.9. The molecule has 1 aliphatic rings. The summed E-state index contributed by atoms with van der Waals surface area (Å²) in [6.07, 6.45) is 5.77. The van der Waals surface area contributed by atoms with Gasteiger partial charge in [0.2, 0.25) is 0 Å². The molecular weight excluding hydrogens is 228 g/mol. The summed E-state index contributed by atoms with van der Waals surface area (Å²) < 4.78 is 0. The molecule has 0 aliphatic heterocycles. The Morgan fingerprint density at radius 1 is 1.24 bits per heavy atom. The molecule has 17 heavy (non-hydrogen) atoms. The predicted octanol–water partition coefficient (Wildman–Crippen LogP) is 4.11. The summed E-state index contributed by atoms with van der Waals surface area (Å²) in [6.45, 7) is 4.65. The van der Waals surface area contributed by atoms with Crippen molar-refractivity contribution >= 4 is 11.3 Å². The van der Waals surface area contributed by atoms with Crippen LogP contribution in [0.3, 0.4) is 0 Å². The van der Waals surface area contributed by atoms with Crippen molar-refractivity contribution in [3.63, 3.8) is 0 Å². The maximum Gasteiger partial charge on any atom is 0.0609 e. The second-order valence-corrected chi connectivity index (χ2v) is 6.60. The van der Waals surface area contributed by atoms with Gasteiger partial charge < -0.3 is 5.11 Å². The van der Waals surface area contributed by atoms with Crippen LogP contribution in [0, 0.1) is 17.8 Å². The highest BCUT2D eigenvalue weighted by Crippen LogP contribution is 2.35. The number of aliphatic hydroxyl groups excluding tert-OH is 1. The lowest BCUT2D eigenvalue weighted by atomic mass is 9.74. The van der Waals surface area contributed by atoms with Crippen molar-refractivity contribution in [2.45, 2.75) is 52.1 Å². The van der Waals surface area contributed by atoms with Crippen LogP contribution in [0.2, 0.25) is 0 Å². The lowest BCUT2D eigenvalue weighted by Gasteiger charge is -2.33. The average Bonchev–Trinajstić information content (AvgIpc) is 2.82. The van der Waals surface area contributed by atoms with Gasteiger partial charge in [-0.25, -0.2) is 0 Å². The second kappa shape index (κ2) is 6.01. The van der Waals surface area contributed by atoms with E-state index in [2.05, 4.69) is 30.7 Å². The first-order valence-electron chi connectivity index (χ1n) is 6.86. The third-order valence-electron chi connectivity index (χ3n) is 4.33. The van der Waals surface area contributed by atoms with Gasteiger partial charge in [-0.3, -0.25) is 0 Å². The van der Waals surface area contributed by atoms with Gasteiger partial charge in [-0.05, 0) is 72.2 Å². The van der Waals surface area contributed by atoms with Crippen molar-refractivity contribution in [2.75, 3.05) is 0 Å². The smallest absolute Gasteiger partial charge is 0.0609 e. The zero-order chi connectivity index (χ0) is 12.3. The molecule has 96 valence electrons. The van der Waals surface area contributed by atoms with Crippen molar-refractivity contribution < 1.29 is 5.11 Å². The molecule has 1 heterocycles. The van der Waals surface area contributed by atoms with Crippen LogP contribution in [-0.2, 0) is 6.42 Å². The maximum atomic E-state index is 10.3. The Bertz CT molecular complexity index is 310. The largest absolute Gasteiger partial charge is 0.392 e. The Morgan fingerprint density at radius 3 is 2.41 bits per heavy atom. The first kappa shape index (κ1) is 13.1. The van der Waals surface area contributed by atoms with Crippen molar-refractivity contribution in [2.24, 2.45) is 17.8 Å². The molecule has 0 spiro atoms. The zero-order valence-corrected chi connectivity index (χ0v) is 11.7. The lowest BCUT2D eigenvalue weighted by Crippen LogP contribution is -2.28. The summed E-state index contributed by atoms with van der Waals surface area (Å²) >= 11 is 1.72. The highest BCUT2D eigenvalue weighted by Gasteiger charge is 2.27.